The largest absolute Gasteiger partial charge is 0.507 e. The Morgan fingerprint density at radius 3 is 1.81 bits per heavy atom. The van der Waals surface area contributed by atoms with Gasteiger partial charge in [0.25, 0.3) is 0 Å². The van der Waals surface area contributed by atoms with Crippen LogP contribution in [0.15, 0.2) is 70.8 Å². The minimum atomic E-state index is -1.17. The second-order valence-corrected chi connectivity index (χ2v) is 19.5. The molecule has 1 saturated heterocycles. The molecule has 1 aromatic heterocycles. The second kappa shape index (κ2) is 19.5. The predicted octanol–water partition coefficient (Wildman–Crippen LogP) is 5.14. The number of carbonyl (C=O) groups is 5. The van der Waals surface area contributed by atoms with Gasteiger partial charge in [0.05, 0.1) is 64.9 Å². The van der Waals surface area contributed by atoms with Crippen LogP contribution in [0.4, 0.5) is 11.4 Å². The van der Waals surface area contributed by atoms with Gasteiger partial charge in [-0.05, 0) is 87.1 Å². The molecular formula is C50H62Cl2N4O13. The zero-order chi connectivity index (χ0) is 48.4. The van der Waals surface area contributed by atoms with E-state index in [1.54, 1.807) is 50.7 Å². The van der Waals surface area contributed by atoms with Crippen molar-refractivity contribution < 1.29 is 63.4 Å². The van der Waals surface area contributed by atoms with Crippen LogP contribution in [0.5, 0.6) is 11.5 Å². The summed E-state index contributed by atoms with van der Waals surface area (Å²) in [6.45, 7) is 13.6. The van der Waals surface area contributed by atoms with Crippen LogP contribution < -0.4 is 21.3 Å². The number of fused-ring (bicyclic) bond motifs is 5. The number of phenols is 2. The molecule has 1 aliphatic heterocycles. The number of hydrogen-bond donors (Lipinski definition) is 9. The van der Waals surface area contributed by atoms with Crippen molar-refractivity contribution >= 4 is 65.3 Å². The number of benzene rings is 2. The predicted molar refractivity (Wildman–Crippen MR) is 259 cm³/mol. The quantitative estimate of drug-likeness (QED) is 0.0343. The number of allylic oxidation sites excluding steroid dienone is 4. The average molecular weight is 998 g/mol. The van der Waals surface area contributed by atoms with E-state index in [0.717, 1.165) is 5.56 Å². The Labute approximate surface area is 412 Å². The van der Waals surface area contributed by atoms with Gasteiger partial charge in [0, 0.05) is 74.3 Å². The number of aliphatic hydroxyl groups is 3. The molecular weight excluding hydrogens is 935 g/mol. The van der Waals surface area contributed by atoms with Gasteiger partial charge in [-0.1, -0.05) is 19.9 Å². The molecule has 0 amide bonds. The first-order valence-corrected chi connectivity index (χ1v) is 22.8. The van der Waals surface area contributed by atoms with Crippen LogP contribution in [0.3, 0.4) is 0 Å². The minimum Gasteiger partial charge on any atom is -0.507 e. The summed E-state index contributed by atoms with van der Waals surface area (Å²) in [6.07, 6.45) is 7.17. The number of halogens is 2. The molecule has 17 nitrogen and oxygen atoms in total. The standard InChI is InChI=1S/C28H32O7.C22H28N4O6.2ClH/c1-14(29)34-17-12-26(5)16(15-8-10-33-13-15)11-19-28(26,35-19)27(6)21(17)25(4)9-7-18(30)24(2,3)22(25)20(31)23(27)32;27-11-9-23-5-7-25-13-1-2-14(26-8-6-24-10-12-28)18-17(13)21(31)19-15(29)3-4-16(30)20(19)22(18)32;;/h7-10,13,16-17,19,21,31H,11-12H2,1-6H3;1-4,23-30H,5-12H2;2*1H. The van der Waals surface area contributed by atoms with Crippen molar-refractivity contribution in [2.45, 2.75) is 78.1 Å². The van der Waals surface area contributed by atoms with E-state index in [-0.39, 0.29) is 95.3 Å². The molecule has 19 heteroatoms. The van der Waals surface area contributed by atoms with Crippen molar-refractivity contribution in [1.82, 2.24) is 10.6 Å². The van der Waals surface area contributed by atoms with E-state index in [1.807, 2.05) is 19.9 Å². The van der Waals surface area contributed by atoms with E-state index in [2.05, 4.69) is 28.2 Å². The summed E-state index contributed by atoms with van der Waals surface area (Å²) < 4.78 is 17.9. The van der Waals surface area contributed by atoms with E-state index < -0.39 is 62.6 Å². The Kier molecular flexibility index (Phi) is 15.0. The molecule has 0 radical (unpaired) electrons. The SMILES string of the molecule is CC(=O)OC1CC2(C)C(c3ccoc3)CC3OC32C2(C)C(=O)C(O)=C3C(C)(C)C(=O)C=CC3(C)C12.Cl.Cl.O=C1c2c(O)ccc(O)c2C(=O)c2c(NCCNCCO)ccc(NCCNCCO)c21. The molecule has 69 heavy (non-hydrogen) atoms. The summed E-state index contributed by atoms with van der Waals surface area (Å²) in [4.78, 5) is 66.3. The first kappa shape index (κ1) is 53.1. The Morgan fingerprint density at radius 2 is 1.32 bits per heavy atom. The number of anilines is 2. The molecule has 6 aliphatic rings. The third-order valence-electron chi connectivity index (χ3n) is 15.5. The zero-order valence-electron chi connectivity index (χ0n) is 39.4. The number of hydrogen-bond acceptors (Lipinski definition) is 17. The Bertz CT molecular complexity index is 2520. The molecule has 0 bridgehead atoms. The molecule has 8 atom stereocenters. The first-order chi connectivity index (χ1) is 31.8. The summed E-state index contributed by atoms with van der Waals surface area (Å²) in [5, 5.41) is 62.1. The van der Waals surface area contributed by atoms with Crippen LogP contribution in [-0.2, 0) is 23.9 Å². The van der Waals surface area contributed by atoms with Crippen molar-refractivity contribution in [3.8, 4) is 11.5 Å². The Morgan fingerprint density at radius 1 is 0.768 bits per heavy atom. The Hall–Kier alpha value is -5.27. The number of phenolic OH excluding ortho intramolecular Hbond substituents is 2. The number of ether oxygens (including phenoxy) is 2. The summed E-state index contributed by atoms with van der Waals surface area (Å²) in [6, 6.07) is 7.69. The number of furan rings is 1. The maximum Gasteiger partial charge on any atom is 0.302 e. The first-order valence-electron chi connectivity index (χ1n) is 22.8. The number of rotatable bonds is 14. The summed E-state index contributed by atoms with van der Waals surface area (Å²) >= 11 is 0. The van der Waals surface area contributed by atoms with Gasteiger partial charge in [0.2, 0.25) is 17.3 Å². The summed E-state index contributed by atoms with van der Waals surface area (Å²) in [5.41, 5.74) is -2.38. The lowest BCUT2D eigenvalue weighted by molar-refractivity contribution is -0.200. The van der Waals surface area contributed by atoms with Crippen molar-refractivity contribution in [2.75, 3.05) is 63.1 Å². The Balaban J connectivity index is 0.000000222. The van der Waals surface area contributed by atoms with Gasteiger partial charge in [0.15, 0.2) is 11.5 Å². The van der Waals surface area contributed by atoms with Gasteiger partial charge < -0.3 is 60.7 Å². The maximum atomic E-state index is 14.3. The molecule has 8 unspecified atom stereocenters. The van der Waals surface area contributed by atoms with Crippen LogP contribution >= 0.6 is 24.8 Å². The van der Waals surface area contributed by atoms with Crippen molar-refractivity contribution in [3.63, 3.8) is 0 Å². The van der Waals surface area contributed by atoms with Gasteiger partial charge in [-0.15, -0.1) is 24.8 Å². The highest BCUT2D eigenvalue weighted by Crippen LogP contribution is 2.81. The van der Waals surface area contributed by atoms with Gasteiger partial charge in [-0.3, -0.25) is 24.0 Å². The molecule has 2 heterocycles. The minimum absolute atomic E-state index is 0. The zero-order valence-corrected chi connectivity index (χ0v) is 41.0. The highest BCUT2D eigenvalue weighted by molar-refractivity contribution is 6.33. The molecule has 9 N–H and O–H groups in total. The fourth-order valence-electron chi connectivity index (χ4n) is 12.9. The van der Waals surface area contributed by atoms with Crippen molar-refractivity contribution in [2.24, 2.45) is 27.6 Å². The van der Waals surface area contributed by atoms with Crippen molar-refractivity contribution in [1.29, 1.82) is 0 Å². The van der Waals surface area contributed by atoms with E-state index in [9.17, 15) is 39.3 Å². The number of aliphatic hydroxyl groups excluding tert-OH is 3. The van der Waals surface area contributed by atoms with E-state index in [0.29, 0.717) is 69.1 Å². The van der Waals surface area contributed by atoms with Gasteiger partial charge in [-0.25, -0.2) is 0 Å². The number of aromatic hydroxyl groups is 2. The molecule has 3 aromatic rings. The average Bonchev–Trinajstić information content (AvgIpc) is 3.64. The topological polar surface area (TPSA) is 270 Å². The van der Waals surface area contributed by atoms with E-state index in [4.69, 9.17) is 24.1 Å². The van der Waals surface area contributed by atoms with Crippen molar-refractivity contribution in [3.05, 3.63) is 94.2 Å². The number of nitrogens with one attached hydrogen (secondary N) is 4. The molecule has 374 valence electrons. The summed E-state index contributed by atoms with van der Waals surface area (Å²) in [5.74, 6) is -3.70. The highest BCUT2D eigenvalue weighted by Gasteiger charge is 2.89. The summed E-state index contributed by atoms with van der Waals surface area (Å²) in [7, 11) is 0. The van der Waals surface area contributed by atoms with Crippen LogP contribution in [0.2, 0.25) is 0 Å². The van der Waals surface area contributed by atoms with E-state index in [1.165, 1.54) is 19.1 Å². The smallest absolute Gasteiger partial charge is 0.302 e. The highest BCUT2D eigenvalue weighted by atomic mass is 35.5. The number of carbonyl (C=O) groups excluding carboxylic acids is 5. The van der Waals surface area contributed by atoms with Gasteiger partial charge in [-0.2, -0.15) is 0 Å². The van der Waals surface area contributed by atoms with E-state index >= 15 is 0 Å². The monoisotopic (exact) mass is 996 g/mol. The van der Waals surface area contributed by atoms with Crippen LogP contribution in [-0.4, -0.2) is 125 Å². The third-order valence-corrected chi connectivity index (χ3v) is 15.5. The number of ketones is 4. The molecule has 2 saturated carbocycles. The molecule has 2 aromatic carbocycles. The lowest BCUT2D eigenvalue weighted by Gasteiger charge is -2.64. The second-order valence-electron chi connectivity index (χ2n) is 19.5. The lowest BCUT2D eigenvalue weighted by Crippen LogP contribution is -2.70. The van der Waals surface area contributed by atoms with Crippen LogP contribution in [0.1, 0.15) is 97.7 Å². The number of Topliss-reactive ketones (excluding diaryl/α,β-unsaturated/α-hetero) is 1. The molecule has 1 spiro atoms. The molecule has 5 aliphatic carbocycles. The number of esters is 1. The third kappa shape index (κ3) is 8.03. The van der Waals surface area contributed by atoms with Crippen LogP contribution in [0.25, 0.3) is 0 Å². The maximum absolute atomic E-state index is 14.3. The van der Waals surface area contributed by atoms with Crippen LogP contribution in [0, 0.1) is 27.6 Å². The normalized spacial score (nSPS) is 29.6. The molecule has 9 rings (SSSR count). The van der Waals surface area contributed by atoms with Gasteiger partial charge >= 0.3 is 5.97 Å². The number of epoxide rings is 1. The molecule has 3 fully saturated rings. The lowest BCUT2D eigenvalue weighted by atomic mass is 9.38. The fraction of sp³-hybridized carbons (Fsp3) is 0.500. The fourth-order valence-corrected chi connectivity index (χ4v) is 12.9. The van der Waals surface area contributed by atoms with Gasteiger partial charge in [0.1, 0.15) is 23.2 Å².